The largest absolute Gasteiger partial charge is 0.480 e. The number of hydrogen-bond acceptors (Lipinski definition) is 4. The molecular weight excluding hydrogens is 268 g/mol. The van der Waals surface area contributed by atoms with Crippen molar-refractivity contribution < 1.29 is 24.3 Å². The van der Waals surface area contributed by atoms with Gasteiger partial charge in [0, 0.05) is 12.6 Å². The van der Waals surface area contributed by atoms with Gasteiger partial charge in [0.2, 0.25) is 11.8 Å². The highest BCUT2D eigenvalue weighted by Crippen LogP contribution is 2.04. The first-order valence-electron chi connectivity index (χ1n) is 6.14. The Balaban J connectivity index is 2.57. The van der Waals surface area contributed by atoms with Crippen molar-refractivity contribution in [3.63, 3.8) is 0 Å². The number of urea groups is 1. The molecule has 1 aliphatic heterocycles. The van der Waals surface area contributed by atoms with Crippen molar-refractivity contribution >= 4 is 23.8 Å². The number of amides is 4. The SMILES string of the molecule is CC(C)NC(=O)CNC(=O)N1CC(=O)NCC1C(=O)O. The molecule has 0 bridgehead atoms. The Kier molecular flexibility index (Phi) is 5.30. The molecule has 0 aliphatic carbocycles. The molecule has 0 aromatic rings. The molecule has 4 N–H and O–H groups in total. The van der Waals surface area contributed by atoms with E-state index >= 15 is 0 Å². The lowest BCUT2D eigenvalue weighted by molar-refractivity contribution is -0.144. The summed E-state index contributed by atoms with van der Waals surface area (Å²) >= 11 is 0. The van der Waals surface area contributed by atoms with Gasteiger partial charge in [0.05, 0.1) is 6.54 Å². The number of piperazine rings is 1. The highest BCUT2D eigenvalue weighted by Gasteiger charge is 2.35. The molecule has 0 saturated carbocycles. The fourth-order valence-electron chi connectivity index (χ4n) is 1.71. The summed E-state index contributed by atoms with van der Waals surface area (Å²) in [6.45, 7) is 2.76. The minimum absolute atomic E-state index is 0.0630. The van der Waals surface area contributed by atoms with Crippen LogP contribution >= 0.6 is 0 Å². The van der Waals surface area contributed by atoms with E-state index in [4.69, 9.17) is 5.11 Å². The van der Waals surface area contributed by atoms with Crippen LogP contribution in [0, 0.1) is 0 Å². The van der Waals surface area contributed by atoms with Gasteiger partial charge >= 0.3 is 12.0 Å². The van der Waals surface area contributed by atoms with Gasteiger partial charge in [-0.15, -0.1) is 0 Å². The highest BCUT2D eigenvalue weighted by molar-refractivity contribution is 5.92. The smallest absolute Gasteiger partial charge is 0.328 e. The first-order chi connectivity index (χ1) is 9.31. The van der Waals surface area contributed by atoms with Crippen molar-refractivity contribution in [2.45, 2.75) is 25.9 Å². The number of carboxylic acid groups (broad SMARTS) is 1. The minimum atomic E-state index is -1.22. The van der Waals surface area contributed by atoms with Gasteiger partial charge in [-0.25, -0.2) is 9.59 Å². The van der Waals surface area contributed by atoms with E-state index in [0.29, 0.717) is 0 Å². The van der Waals surface area contributed by atoms with E-state index in [9.17, 15) is 19.2 Å². The molecule has 0 aromatic heterocycles. The lowest BCUT2D eigenvalue weighted by Gasteiger charge is -2.32. The second-order valence-corrected chi connectivity index (χ2v) is 4.67. The molecule has 9 nitrogen and oxygen atoms in total. The number of nitrogens with one attached hydrogen (secondary N) is 3. The van der Waals surface area contributed by atoms with E-state index in [1.54, 1.807) is 13.8 Å². The van der Waals surface area contributed by atoms with Crippen LogP contribution in [0.25, 0.3) is 0 Å². The Labute approximate surface area is 115 Å². The molecule has 20 heavy (non-hydrogen) atoms. The number of carbonyl (C=O) groups is 4. The number of hydrogen-bond donors (Lipinski definition) is 4. The molecule has 1 fully saturated rings. The van der Waals surface area contributed by atoms with E-state index in [0.717, 1.165) is 4.90 Å². The maximum atomic E-state index is 11.8. The molecule has 1 unspecified atom stereocenters. The number of carboxylic acids is 1. The molecule has 9 heteroatoms. The molecule has 0 radical (unpaired) electrons. The topological polar surface area (TPSA) is 128 Å². The van der Waals surface area contributed by atoms with E-state index in [1.165, 1.54) is 0 Å². The zero-order valence-electron chi connectivity index (χ0n) is 11.3. The van der Waals surface area contributed by atoms with E-state index < -0.39 is 23.9 Å². The molecule has 1 rings (SSSR count). The Morgan fingerprint density at radius 2 is 2.10 bits per heavy atom. The normalized spacial score (nSPS) is 18.4. The summed E-state index contributed by atoms with van der Waals surface area (Å²) < 4.78 is 0. The first-order valence-corrected chi connectivity index (χ1v) is 6.14. The zero-order chi connectivity index (χ0) is 15.3. The molecular formula is C11H18N4O5. The number of rotatable bonds is 4. The average molecular weight is 286 g/mol. The zero-order valence-corrected chi connectivity index (χ0v) is 11.3. The summed E-state index contributed by atoms with van der Waals surface area (Å²) in [6.07, 6.45) is 0. The number of aliphatic carboxylic acids is 1. The predicted molar refractivity (Wildman–Crippen MR) is 67.8 cm³/mol. The van der Waals surface area contributed by atoms with Crippen LogP contribution < -0.4 is 16.0 Å². The fourth-order valence-corrected chi connectivity index (χ4v) is 1.71. The molecule has 1 saturated heterocycles. The van der Waals surface area contributed by atoms with Crippen molar-refractivity contribution in [3.8, 4) is 0 Å². The Bertz CT molecular complexity index is 423. The van der Waals surface area contributed by atoms with Crippen LogP contribution in [-0.4, -0.2) is 65.5 Å². The Morgan fingerprint density at radius 3 is 2.65 bits per heavy atom. The summed E-state index contributed by atoms with van der Waals surface area (Å²) in [5.74, 6) is -2.04. The fraction of sp³-hybridized carbons (Fsp3) is 0.636. The third-order valence-electron chi connectivity index (χ3n) is 2.58. The van der Waals surface area contributed by atoms with Crippen LogP contribution in [0.4, 0.5) is 4.79 Å². The van der Waals surface area contributed by atoms with Crippen molar-refractivity contribution in [2.75, 3.05) is 19.6 Å². The van der Waals surface area contributed by atoms with Gasteiger partial charge in [-0.2, -0.15) is 0 Å². The monoisotopic (exact) mass is 286 g/mol. The highest BCUT2D eigenvalue weighted by atomic mass is 16.4. The number of nitrogens with zero attached hydrogens (tertiary/aromatic N) is 1. The van der Waals surface area contributed by atoms with Crippen LogP contribution in [0.5, 0.6) is 0 Å². The summed E-state index contributed by atoms with van der Waals surface area (Å²) in [5.41, 5.74) is 0. The van der Waals surface area contributed by atoms with Crippen LogP contribution in [0.3, 0.4) is 0 Å². The summed E-state index contributed by atoms with van der Waals surface area (Å²) in [5, 5.41) is 16.2. The maximum Gasteiger partial charge on any atom is 0.328 e. The molecule has 112 valence electrons. The molecule has 0 spiro atoms. The van der Waals surface area contributed by atoms with Crippen LogP contribution in [0.15, 0.2) is 0 Å². The van der Waals surface area contributed by atoms with Crippen molar-refractivity contribution in [1.29, 1.82) is 0 Å². The first kappa shape index (κ1) is 15.7. The van der Waals surface area contributed by atoms with Crippen molar-refractivity contribution in [1.82, 2.24) is 20.9 Å². The number of carbonyl (C=O) groups excluding carboxylic acids is 3. The van der Waals surface area contributed by atoms with E-state index in [2.05, 4.69) is 16.0 Å². The van der Waals surface area contributed by atoms with Gasteiger partial charge < -0.3 is 21.1 Å². The second-order valence-electron chi connectivity index (χ2n) is 4.67. The average Bonchev–Trinajstić information content (AvgIpc) is 2.34. The van der Waals surface area contributed by atoms with Crippen LogP contribution in [-0.2, 0) is 14.4 Å². The quantitative estimate of drug-likeness (QED) is 0.480. The molecule has 4 amide bonds. The second kappa shape index (κ2) is 6.73. The van der Waals surface area contributed by atoms with Gasteiger partial charge in [0.1, 0.15) is 12.6 Å². The third-order valence-corrected chi connectivity index (χ3v) is 2.58. The summed E-state index contributed by atoms with van der Waals surface area (Å²) in [7, 11) is 0. The van der Waals surface area contributed by atoms with E-state index in [1.807, 2.05) is 0 Å². The third kappa shape index (κ3) is 4.41. The van der Waals surface area contributed by atoms with Gasteiger partial charge in [-0.1, -0.05) is 0 Å². The minimum Gasteiger partial charge on any atom is -0.480 e. The van der Waals surface area contributed by atoms with Gasteiger partial charge in [-0.3, -0.25) is 14.5 Å². The molecule has 0 aromatic carbocycles. The molecule has 1 atom stereocenters. The summed E-state index contributed by atoms with van der Waals surface area (Å²) in [4.78, 5) is 46.3. The predicted octanol–water partition coefficient (Wildman–Crippen LogP) is -1.89. The molecule has 1 aliphatic rings. The molecule has 1 heterocycles. The van der Waals surface area contributed by atoms with Crippen molar-refractivity contribution in [3.05, 3.63) is 0 Å². The lowest BCUT2D eigenvalue weighted by atomic mass is 10.2. The van der Waals surface area contributed by atoms with Crippen molar-refractivity contribution in [2.24, 2.45) is 0 Å². The standard InChI is InChI=1S/C11H18N4O5/c1-6(2)14-8(16)4-13-11(20)15-5-9(17)12-3-7(15)10(18)19/h6-7H,3-5H2,1-2H3,(H,12,17)(H,13,20)(H,14,16)(H,18,19). The summed E-state index contributed by atoms with van der Waals surface area (Å²) in [6, 6.07) is -1.96. The van der Waals surface area contributed by atoms with Crippen LogP contribution in [0.1, 0.15) is 13.8 Å². The Morgan fingerprint density at radius 1 is 1.45 bits per heavy atom. The Hall–Kier alpha value is -2.32. The van der Waals surface area contributed by atoms with Gasteiger partial charge in [0.25, 0.3) is 0 Å². The maximum absolute atomic E-state index is 11.8. The van der Waals surface area contributed by atoms with Crippen LogP contribution in [0.2, 0.25) is 0 Å². The van der Waals surface area contributed by atoms with Gasteiger partial charge in [0.15, 0.2) is 0 Å². The van der Waals surface area contributed by atoms with E-state index in [-0.39, 0.29) is 31.6 Å². The van der Waals surface area contributed by atoms with Gasteiger partial charge in [-0.05, 0) is 13.8 Å². The lowest BCUT2D eigenvalue weighted by Crippen LogP contribution is -2.61.